The molecular weight excluding hydrogens is 462 g/mol. The van der Waals surface area contributed by atoms with Crippen LogP contribution in [0.25, 0.3) is 11.3 Å². The number of pyridine rings is 2. The van der Waals surface area contributed by atoms with E-state index in [1.807, 2.05) is 0 Å². The fraction of sp³-hybridized carbons (Fsp3) is 0.105. The maximum Gasteiger partial charge on any atom is 0.433 e. The van der Waals surface area contributed by atoms with Gasteiger partial charge in [0.05, 0.1) is 23.1 Å². The molecule has 1 aliphatic heterocycles. The molecule has 0 spiro atoms. The molecule has 1 aromatic carbocycles. The molecule has 0 saturated heterocycles. The minimum Gasteiger partial charge on any atom is -0.338 e. The number of hydrogen-bond acceptors (Lipinski definition) is 5. The third kappa shape index (κ3) is 4.02. The Morgan fingerprint density at radius 2 is 1.62 bits per heavy atom. The van der Waals surface area contributed by atoms with Crippen molar-refractivity contribution in [3.63, 3.8) is 0 Å². The molecule has 0 aliphatic carbocycles. The second-order valence-electron chi connectivity index (χ2n) is 6.58. The van der Waals surface area contributed by atoms with Crippen LogP contribution in [0.5, 0.6) is 0 Å². The number of anilines is 1. The zero-order valence-electron chi connectivity index (χ0n) is 15.5. The Morgan fingerprint density at radius 3 is 2.25 bits per heavy atom. The summed E-state index contributed by atoms with van der Waals surface area (Å²) < 4.78 is 106. The van der Waals surface area contributed by atoms with Crippen molar-refractivity contribution in [2.45, 2.75) is 17.2 Å². The van der Waals surface area contributed by atoms with Crippen LogP contribution < -0.4 is 5.32 Å². The second-order valence-corrected chi connectivity index (χ2v) is 8.15. The van der Waals surface area contributed by atoms with Crippen molar-refractivity contribution in [1.29, 1.82) is 0 Å². The molecule has 4 rings (SSSR count). The monoisotopic (exact) mass is 472 g/mol. The first-order valence-electron chi connectivity index (χ1n) is 8.68. The summed E-state index contributed by atoms with van der Waals surface area (Å²) in [6, 6.07) is 7.19. The van der Waals surface area contributed by atoms with E-state index in [4.69, 9.17) is 0 Å². The SMILES string of the molecule is O=S1(=O)N=C(Nc2ccc(C(F)(F)F)nc2)c2ccc(-c3ncccc3C(F)(F)F)cc21. The van der Waals surface area contributed by atoms with Gasteiger partial charge in [-0.2, -0.15) is 34.8 Å². The van der Waals surface area contributed by atoms with E-state index in [0.717, 1.165) is 36.7 Å². The first-order chi connectivity index (χ1) is 14.9. The lowest BCUT2D eigenvalue weighted by Gasteiger charge is -2.12. The topological polar surface area (TPSA) is 84.3 Å². The Hall–Kier alpha value is -3.48. The number of nitrogens with one attached hydrogen (secondary N) is 1. The molecule has 0 amide bonds. The smallest absolute Gasteiger partial charge is 0.338 e. The molecule has 0 unspecified atom stereocenters. The lowest BCUT2D eigenvalue weighted by molar-refractivity contribution is -0.141. The van der Waals surface area contributed by atoms with Gasteiger partial charge in [0.15, 0.2) is 5.84 Å². The number of amidine groups is 1. The summed E-state index contributed by atoms with van der Waals surface area (Å²) in [6.07, 6.45) is -7.35. The van der Waals surface area contributed by atoms with Gasteiger partial charge in [-0.3, -0.25) is 4.98 Å². The molecule has 2 aromatic heterocycles. The van der Waals surface area contributed by atoms with Crippen LogP contribution in [0.2, 0.25) is 0 Å². The predicted octanol–water partition coefficient (Wildman–Crippen LogP) is 4.74. The number of nitrogens with zero attached hydrogens (tertiary/aromatic N) is 3. The molecule has 166 valence electrons. The van der Waals surface area contributed by atoms with Crippen LogP contribution >= 0.6 is 0 Å². The Bertz CT molecular complexity index is 1330. The summed E-state index contributed by atoms with van der Waals surface area (Å²) in [5, 5.41) is 2.57. The van der Waals surface area contributed by atoms with E-state index >= 15 is 0 Å². The van der Waals surface area contributed by atoms with E-state index in [0.29, 0.717) is 6.07 Å². The highest BCUT2D eigenvalue weighted by molar-refractivity contribution is 7.90. The van der Waals surface area contributed by atoms with Gasteiger partial charge in [-0.05, 0) is 36.4 Å². The fourth-order valence-corrected chi connectivity index (χ4v) is 4.22. The third-order valence-corrected chi connectivity index (χ3v) is 5.75. The lowest BCUT2D eigenvalue weighted by Crippen LogP contribution is -2.13. The Kier molecular flexibility index (Phi) is 4.95. The van der Waals surface area contributed by atoms with E-state index < -0.39 is 39.3 Å². The highest BCUT2D eigenvalue weighted by Crippen LogP contribution is 2.38. The van der Waals surface area contributed by atoms with Crippen molar-refractivity contribution in [2.75, 3.05) is 5.32 Å². The minimum atomic E-state index is -4.71. The van der Waals surface area contributed by atoms with Crippen LogP contribution in [0.3, 0.4) is 0 Å². The van der Waals surface area contributed by atoms with Crippen molar-refractivity contribution in [3.05, 3.63) is 71.7 Å². The molecule has 0 fully saturated rings. The highest BCUT2D eigenvalue weighted by atomic mass is 32.2. The summed E-state index contributed by atoms with van der Waals surface area (Å²) >= 11 is 0. The van der Waals surface area contributed by atoms with Gasteiger partial charge in [-0.1, -0.05) is 6.07 Å². The first-order valence-corrected chi connectivity index (χ1v) is 10.1. The van der Waals surface area contributed by atoms with Gasteiger partial charge >= 0.3 is 12.4 Å². The largest absolute Gasteiger partial charge is 0.433 e. The van der Waals surface area contributed by atoms with E-state index in [-0.39, 0.29) is 27.5 Å². The Balaban J connectivity index is 1.71. The van der Waals surface area contributed by atoms with Gasteiger partial charge in [0.2, 0.25) is 0 Å². The normalized spacial score (nSPS) is 15.2. The second kappa shape index (κ2) is 7.29. The summed E-state index contributed by atoms with van der Waals surface area (Å²) in [5.41, 5.74) is -2.64. The van der Waals surface area contributed by atoms with E-state index in [2.05, 4.69) is 19.7 Å². The van der Waals surface area contributed by atoms with Gasteiger partial charge in [0.25, 0.3) is 10.0 Å². The summed E-state index contributed by atoms with van der Waals surface area (Å²) in [6.45, 7) is 0. The molecule has 0 saturated carbocycles. The fourth-order valence-electron chi connectivity index (χ4n) is 3.02. The molecule has 0 bridgehead atoms. The van der Waals surface area contributed by atoms with Crippen LogP contribution in [-0.2, 0) is 22.4 Å². The highest BCUT2D eigenvalue weighted by Gasteiger charge is 2.36. The molecule has 0 atom stereocenters. The van der Waals surface area contributed by atoms with Gasteiger partial charge in [0.1, 0.15) is 10.6 Å². The third-order valence-electron chi connectivity index (χ3n) is 4.43. The van der Waals surface area contributed by atoms with Crippen LogP contribution in [0.4, 0.5) is 32.0 Å². The molecule has 13 heteroatoms. The molecule has 6 nitrogen and oxygen atoms in total. The molecule has 0 radical (unpaired) electrons. The van der Waals surface area contributed by atoms with Crippen LogP contribution in [-0.4, -0.2) is 24.2 Å². The number of halogens is 6. The number of sulfonamides is 1. The maximum atomic E-state index is 13.3. The molecule has 3 heterocycles. The quantitative estimate of drug-likeness (QED) is 0.545. The number of hydrogen-bond donors (Lipinski definition) is 1. The van der Waals surface area contributed by atoms with Crippen molar-refractivity contribution < 1.29 is 34.8 Å². The molecule has 1 aliphatic rings. The molecule has 3 aromatic rings. The average molecular weight is 472 g/mol. The van der Waals surface area contributed by atoms with Crippen molar-refractivity contribution in [1.82, 2.24) is 9.97 Å². The average Bonchev–Trinajstić information content (AvgIpc) is 2.96. The van der Waals surface area contributed by atoms with E-state index in [1.165, 1.54) is 12.1 Å². The zero-order chi connectivity index (χ0) is 23.3. The van der Waals surface area contributed by atoms with Gasteiger partial charge < -0.3 is 5.32 Å². The van der Waals surface area contributed by atoms with Crippen LogP contribution in [0, 0.1) is 0 Å². The van der Waals surface area contributed by atoms with Gasteiger partial charge in [0, 0.05) is 17.3 Å². The van der Waals surface area contributed by atoms with Gasteiger partial charge in [-0.25, -0.2) is 4.98 Å². The lowest BCUT2D eigenvalue weighted by atomic mass is 10.0. The standard InChI is InChI=1S/C19H10F6N4O2S/c20-18(21,22)13-2-1-7-26-16(13)10-3-5-12-14(8-10)32(30,31)29-17(12)28-11-4-6-15(27-9-11)19(23,24)25/h1-9H,(H,28,29). The maximum absolute atomic E-state index is 13.3. The van der Waals surface area contributed by atoms with Crippen LogP contribution in [0.15, 0.2) is 64.2 Å². The number of benzene rings is 1. The minimum absolute atomic E-state index is 0.0351. The van der Waals surface area contributed by atoms with Crippen molar-refractivity contribution in [3.8, 4) is 11.3 Å². The Labute approximate surface area is 176 Å². The van der Waals surface area contributed by atoms with Crippen molar-refractivity contribution >= 4 is 21.5 Å². The Morgan fingerprint density at radius 1 is 0.875 bits per heavy atom. The van der Waals surface area contributed by atoms with Crippen LogP contribution in [0.1, 0.15) is 16.8 Å². The summed E-state index contributed by atoms with van der Waals surface area (Å²) in [4.78, 5) is 6.63. The number of rotatable bonds is 2. The van der Waals surface area contributed by atoms with E-state index in [9.17, 15) is 34.8 Å². The zero-order valence-corrected chi connectivity index (χ0v) is 16.3. The number of fused-ring (bicyclic) bond motifs is 1. The first kappa shape index (κ1) is 21.7. The summed E-state index contributed by atoms with van der Waals surface area (Å²) in [5.74, 6) is -0.204. The molecule has 1 N–H and O–H groups in total. The van der Waals surface area contributed by atoms with Crippen molar-refractivity contribution in [2.24, 2.45) is 4.40 Å². The molecule has 32 heavy (non-hydrogen) atoms. The number of alkyl halides is 6. The van der Waals surface area contributed by atoms with Gasteiger partial charge in [-0.15, -0.1) is 4.40 Å². The predicted molar refractivity (Wildman–Crippen MR) is 101 cm³/mol. The molecular formula is C19H10F6N4O2S. The van der Waals surface area contributed by atoms with E-state index in [1.54, 1.807) is 0 Å². The summed E-state index contributed by atoms with van der Waals surface area (Å²) in [7, 11) is -4.27. The number of aromatic nitrogens is 2.